The van der Waals surface area contributed by atoms with Gasteiger partial charge in [-0.1, -0.05) is 59.7 Å². The summed E-state index contributed by atoms with van der Waals surface area (Å²) in [5.74, 6) is -1.80. The number of benzene rings is 3. The van der Waals surface area contributed by atoms with Crippen LogP contribution in [0.2, 0.25) is 0 Å². The lowest BCUT2D eigenvalue weighted by Gasteiger charge is -2.32. The fourth-order valence-electron chi connectivity index (χ4n) is 4.00. The van der Waals surface area contributed by atoms with Gasteiger partial charge in [0.25, 0.3) is 10.0 Å². The SMILES string of the molecule is Cc1ccc(S(=O)(=O)N(CC(=O)N(Cc2cccc(C)c2)C(C)C(=O)NC(C)C)c2ccccc2F)cc1. The van der Waals surface area contributed by atoms with Crippen LogP contribution in [-0.4, -0.2) is 43.8 Å². The Morgan fingerprint density at radius 3 is 2.16 bits per heavy atom. The van der Waals surface area contributed by atoms with Crippen molar-refractivity contribution in [2.75, 3.05) is 10.8 Å². The predicted octanol–water partition coefficient (Wildman–Crippen LogP) is 4.58. The topological polar surface area (TPSA) is 86.8 Å². The molecular formula is C29H34FN3O4S. The number of para-hydroxylation sites is 1. The molecule has 0 bridgehead atoms. The summed E-state index contributed by atoms with van der Waals surface area (Å²) in [6.07, 6.45) is 0. The lowest BCUT2D eigenvalue weighted by molar-refractivity contribution is -0.139. The quantitative estimate of drug-likeness (QED) is 0.409. The Hall–Kier alpha value is -3.72. The molecule has 1 N–H and O–H groups in total. The minimum atomic E-state index is -4.32. The van der Waals surface area contributed by atoms with Crippen molar-refractivity contribution in [2.45, 2.75) is 58.1 Å². The zero-order valence-electron chi connectivity index (χ0n) is 22.3. The normalized spacial score (nSPS) is 12.2. The first-order valence-electron chi connectivity index (χ1n) is 12.4. The molecule has 0 aliphatic heterocycles. The smallest absolute Gasteiger partial charge is 0.264 e. The van der Waals surface area contributed by atoms with Crippen LogP contribution >= 0.6 is 0 Å². The summed E-state index contributed by atoms with van der Waals surface area (Å²) in [5.41, 5.74) is 2.36. The van der Waals surface area contributed by atoms with Crippen LogP contribution in [-0.2, 0) is 26.2 Å². The van der Waals surface area contributed by atoms with E-state index < -0.39 is 34.3 Å². The zero-order valence-corrected chi connectivity index (χ0v) is 23.1. The van der Waals surface area contributed by atoms with E-state index in [0.717, 1.165) is 27.1 Å². The molecule has 0 fully saturated rings. The summed E-state index contributed by atoms with van der Waals surface area (Å²) in [6, 6.07) is 17.9. The van der Waals surface area contributed by atoms with Crippen LogP contribution in [0, 0.1) is 19.7 Å². The molecule has 0 heterocycles. The van der Waals surface area contributed by atoms with E-state index in [9.17, 15) is 22.4 Å². The molecule has 2 amide bonds. The number of halogens is 1. The number of nitrogens with zero attached hydrogens (tertiary/aromatic N) is 2. The van der Waals surface area contributed by atoms with Crippen molar-refractivity contribution in [1.82, 2.24) is 10.2 Å². The standard InChI is InChI=1S/C29H34FN3O4S/c1-20(2)31-29(35)23(5)32(18-24-10-8-9-22(4)17-24)28(34)19-33(27-12-7-6-11-26(27)30)38(36,37)25-15-13-21(3)14-16-25/h6-17,20,23H,18-19H2,1-5H3,(H,31,35). The van der Waals surface area contributed by atoms with Crippen molar-refractivity contribution >= 4 is 27.5 Å². The van der Waals surface area contributed by atoms with Crippen molar-refractivity contribution in [3.63, 3.8) is 0 Å². The number of amides is 2. The van der Waals surface area contributed by atoms with E-state index in [-0.39, 0.29) is 29.1 Å². The van der Waals surface area contributed by atoms with Crippen LogP contribution < -0.4 is 9.62 Å². The van der Waals surface area contributed by atoms with Crippen molar-refractivity contribution in [3.8, 4) is 0 Å². The lowest BCUT2D eigenvalue weighted by atomic mass is 10.1. The van der Waals surface area contributed by atoms with Gasteiger partial charge in [-0.15, -0.1) is 0 Å². The van der Waals surface area contributed by atoms with Gasteiger partial charge < -0.3 is 10.2 Å². The predicted molar refractivity (Wildman–Crippen MR) is 147 cm³/mol. The van der Waals surface area contributed by atoms with Crippen molar-refractivity contribution in [2.24, 2.45) is 0 Å². The van der Waals surface area contributed by atoms with E-state index >= 15 is 0 Å². The summed E-state index contributed by atoms with van der Waals surface area (Å²) in [5, 5.41) is 2.81. The van der Waals surface area contributed by atoms with Crippen LogP contribution in [0.15, 0.2) is 77.7 Å². The Morgan fingerprint density at radius 2 is 1.55 bits per heavy atom. The van der Waals surface area contributed by atoms with Gasteiger partial charge in [-0.25, -0.2) is 12.8 Å². The van der Waals surface area contributed by atoms with Gasteiger partial charge in [-0.2, -0.15) is 0 Å². The molecule has 0 aliphatic rings. The average Bonchev–Trinajstić information content (AvgIpc) is 2.85. The van der Waals surface area contributed by atoms with Gasteiger partial charge in [-0.3, -0.25) is 13.9 Å². The van der Waals surface area contributed by atoms with Gasteiger partial charge in [-0.05, 0) is 64.4 Å². The molecule has 0 aliphatic carbocycles. The lowest BCUT2D eigenvalue weighted by Crippen LogP contribution is -2.52. The molecule has 9 heteroatoms. The fourth-order valence-corrected chi connectivity index (χ4v) is 5.42. The second kappa shape index (κ2) is 12.2. The Morgan fingerprint density at radius 1 is 0.895 bits per heavy atom. The first-order chi connectivity index (χ1) is 17.9. The number of carbonyl (C=O) groups is 2. The highest BCUT2D eigenvalue weighted by molar-refractivity contribution is 7.92. The largest absolute Gasteiger partial charge is 0.352 e. The highest BCUT2D eigenvalue weighted by Crippen LogP contribution is 2.27. The summed E-state index contributed by atoms with van der Waals surface area (Å²) in [7, 11) is -4.32. The Balaban J connectivity index is 2.05. The number of rotatable bonds is 10. The maximum absolute atomic E-state index is 14.9. The fraction of sp³-hybridized carbons (Fsp3) is 0.310. The third-order valence-electron chi connectivity index (χ3n) is 6.04. The van der Waals surface area contributed by atoms with E-state index in [2.05, 4.69) is 5.32 Å². The molecule has 0 spiro atoms. The molecule has 3 rings (SSSR count). The molecule has 202 valence electrons. The first kappa shape index (κ1) is 28.8. The summed E-state index contributed by atoms with van der Waals surface area (Å²) in [4.78, 5) is 28.0. The second-order valence-electron chi connectivity index (χ2n) is 9.63. The molecule has 0 saturated heterocycles. The van der Waals surface area contributed by atoms with E-state index in [0.29, 0.717) is 0 Å². The van der Waals surface area contributed by atoms with Crippen LogP contribution in [0.1, 0.15) is 37.5 Å². The summed E-state index contributed by atoms with van der Waals surface area (Å²) in [6.45, 7) is 8.33. The van der Waals surface area contributed by atoms with E-state index in [1.165, 1.54) is 35.2 Å². The van der Waals surface area contributed by atoms with Gasteiger partial charge >= 0.3 is 0 Å². The van der Waals surface area contributed by atoms with Gasteiger partial charge in [0.1, 0.15) is 18.4 Å². The van der Waals surface area contributed by atoms with Crippen molar-refractivity contribution in [1.29, 1.82) is 0 Å². The summed E-state index contributed by atoms with van der Waals surface area (Å²) >= 11 is 0. The molecule has 38 heavy (non-hydrogen) atoms. The Bertz CT molecular complexity index is 1390. The van der Waals surface area contributed by atoms with E-state index in [4.69, 9.17) is 0 Å². The van der Waals surface area contributed by atoms with Crippen LogP contribution in [0.4, 0.5) is 10.1 Å². The van der Waals surface area contributed by atoms with Crippen LogP contribution in [0.5, 0.6) is 0 Å². The number of hydrogen-bond acceptors (Lipinski definition) is 4. The molecular weight excluding hydrogens is 505 g/mol. The Labute approximate surface area is 224 Å². The Kier molecular flexibility index (Phi) is 9.27. The zero-order chi connectivity index (χ0) is 28.0. The highest BCUT2D eigenvalue weighted by atomic mass is 32.2. The molecule has 3 aromatic carbocycles. The second-order valence-corrected chi connectivity index (χ2v) is 11.5. The van der Waals surface area contributed by atoms with Crippen LogP contribution in [0.25, 0.3) is 0 Å². The highest BCUT2D eigenvalue weighted by Gasteiger charge is 2.33. The third-order valence-corrected chi connectivity index (χ3v) is 7.82. The minimum Gasteiger partial charge on any atom is -0.352 e. The van der Waals surface area contributed by atoms with Gasteiger partial charge in [0.2, 0.25) is 11.8 Å². The van der Waals surface area contributed by atoms with E-state index in [1.807, 2.05) is 52.0 Å². The molecule has 1 atom stereocenters. The first-order valence-corrected chi connectivity index (χ1v) is 13.8. The third kappa shape index (κ3) is 6.98. The van der Waals surface area contributed by atoms with Gasteiger partial charge in [0.05, 0.1) is 10.6 Å². The van der Waals surface area contributed by atoms with Gasteiger partial charge in [0, 0.05) is 12.6 Å². The van der Waals surface area contributed by atoms with E-state index in [1.54, 1.807) is 19.1 Å². The molecule has 0 saturated carbocycles. The number of nitrogens with one attached hydrogen (secondary N) is 1. The monoisotopic (exact) mass is 539 g/mol. The number of hydrogen-bond donors (Lipinski definition) is 1. The number of carbonyl (C=O) groups excluding carboxylic acids is 2. The molecule has 3 aromatic rings. The summed E-state index contributed by atoms with van der Waals surface area (Å²) < 4.78 is 43.1. The molecule has 0 radical (unpaired) electrons. The van der Waals surface area contributed by atoms with Crippen molar-refractivity contribution < 1.29 is 22.4 Å². The van der Waals surface area contributed by atoms with Gasteiger partial charge in [0.15, 0.2) is 0 Å². The average molecular weight is 540 g/mol. The minimum absolute atomic E-state index is 0.0723. The molecule has 1 unspecified atom stereocenters. The molecule has 7 nitrogen and oxygen atoms in total. The number of aryl methyl sites for hydroxylation is 2. The maximum atomic E-state index is 14.9. The number of sulfonamides is 1. The van der Waals surface area contributed by atoms with Crippen LogP contribution in [0.3, 0.4) is 0 Å². The molecule has 0 aromatic heterocycles. The van der Waals surface area contributed by atoms with Crippen molar-refractivity contribution in [3.05, 3.63) is 95.3 Å². The maximum Gasteiger partial charge on any atom is 0.264 e. The number of anilines is 1.